The van der Waals surface area contributed by atoms with E-state index >= 15 is 0 Å². The lowest BCUT2D eigenvalue weighted by atomic mass is 10.1. The third kappa shape index (κ3) is 3.04. The molecule has 0 saturated carbocycles. The quantitative estimate of drug-likeness (QED) is 0.901. The highest BCUT2D eigenvalue weighted by atomic mass is 32.2. The molecule has 6 heteroatoms. The predicted molar refractivity (Wildman–Crippen MR) is 70.4 cm³/mol. The van der Waals surface area contributed by atoms with Gasteiger partial charge in [-0.3, -0.25) is 0 Å². The SMILES string of the molecule is CS(=O)(=O)Cc1ncc(N)c(-c2ccccc2)n1. The molecule has 0 atom stereocenters. The first-order chi connectivity index (χ1) is 8.46. The second-order valence-corrected chi connectivity index (χ2v) is 6.17. The van der Waals surface area contributed by atoms with E-state index in [0.29, 0.717) is 11.4 Å². The van der Waals surface area contributed by atoms with Crippen LogP contribution in [0.15, 0.2) is 36.5 Å². The second-order valence-electron chi connectivity index (χ2n) is 4.03. The summed E-state index contributed by atoms with van der Waals surface area (Å²) < 4.78 is 22.4. The summed E-state index contributed by atoms with van der Waals surface area (Å²) in [6.45, 7) is 0. The summed E-state index contributed by atoms with van der Waals surface area (Å²) in [5.74, 6) is 0.0678. The molecule has 0 bridgehead atoms. The molecule has 5 nitrogen and oxygen atoms in total. The summed E-state index contributed by atoms with van der Waals surface area (Å²) in [6.07, 6.45) is 2.59. The first-order valence-corrected chi connectivity index (χ1v) is 7.36. The highest BCUT2D eigenvalue weighted by molar-refractivity contribution is 7.89. The lowest BCUT2D eigenvalue weighted by molar-refractivity contribution is 0.599. The summed E-state index contributed by atoms with van der Waals surface area (Å²) in [7, 11) is -3.15. The third-order valence-corrected chi connectivity index (χ3v) is 3.09. The Morgan fingerprint density at radius 2 is 1.89 bits per heavy atom. The number of hydrogen-bond acceptors (Lipinski definition) is 5. The monoisotopic (exact) mass is 263 g/mol. The van der Waals surface area contributed by atoms with Crippen LogP contribution in [0.2, 0.25) is 0 Å². The second kappa shape index (κ2) is 4.73. The van der Waals surface area contributed by atoms with E-state index in [9.17, 15) is 8.42 Å². The molecule has 2 aromatic rings. The van der Waals surface area contributed by atoms with Crippen molar-refractivity contribution in [2.45, 2.75) is 5.75 Å². The van der Waals surface area contributed by atoms with Crippen LogP contribution < -0.4 is 5.73 Å². The van der Waals surface area contributed by atoms with Gasteiger partial charge in [-0.15, -0.1) is 0 Å². The van der Waals surface area contributed by atoms with E-state index < -0.39 is 9.84 Å². The fraction of sp³-hybridized carbons (Fsp3) is 0.167. The van der Waals surface area contributed by atoms with Gasteiger partial charge in [-0.1, -0.05) is 30.3 Å². The van der Waals surface area contributed by atoms with Gasteiger partial charge < -0.3 is 5.73 Å². The van der Waals surface area contributed by atoms with Crippen molar-refractivity contribution in [3.8, 4) is 11.3 Å². The molecule has 0 aliphatic rings. The van der Waals surface area contributed by atoms with Crippen molar-refractivity contribution in [3.05, 3.63) is 42.4 Å². The maximum Gasteiger partial charge on any atom is 0.154 e. The Bertz CT molecular complexity index is 654. The van der Waals surface area contributed by atoms with Gasteiger partial charge >= 0.3 is 0 Å². The predicted octanol–water partition coefficient (Wildman–Crippen LogP) is 1.27. The van der Waals surface area contributed by atoms with Crippen LogP contribution in [0.4, 0.5) is 5.69 Å². The first kappa shape index (κ1) is 12.5. The molecular weight excluding hydrogens is 250 g/mol. The molecule has 2 N–H and O–H groups in total. The van der Waals surface area contributed by atoms with Crippen molar-refractivity contribution in [1.82, 2.24) is 9.97 Å². The minimum absolute atomic E-state index is 0.187. The smallest absolute Gasteiger partial charge is 0.154 e. The van der Waals surface area contributed by atoms with E-state index in [0.717, 1.165) is 11.8 Å². The van der Waals surface area contributed by atoms with E-state index in [4.69, 9.17) is 5.73 Å². The zero-order valence-electron chi connectivity index (χ0n) is 9.87. The lowest BCUT2D eigenvalue weighted by Gasteiger charge is -2.06. The Balaban J connectivity index is 2.46. The molecule has 0 amide bonds. The number of nitrogens with zero attached hydrogens (tertiary/aromatic N) is 2. The van der Waals surface area contributed by atoms with E-state index in [1.807, 2.05) is 30.3 Å². The molecular formula is C12H13N3O2S. The Hall–Kier alpha value is -1.95. The minimum atomic E-state index is -3.15. The van der Waals surface area contributed by atoms with Gasteiger partial charge in [-0.2, -0.15) is 0 Å². The average Bonchev–Trinajstić information content (AvgIpc) is 2.31. The number of sulfone groups is 1. The van der Waals surface area contributed by atoms with E-state index in [2.05, 4.69) is 9.97 Å². The van der Waals surface area contributed by atoms with E-state index in [1.165, 1.54) is 6.20 Å². The average molecular weight is 263 g/mol. The maximum absolute atomic E-state index is 11.2. The highest BCUT2D eigenvalue weighted by Gasteiger charge is 2.11. The van der Waals surface area contributed by atoms with Crippen molar-refractivity contribution in [1.29, 1.82) is 0 Å². The van der Waals surface area contributed by atoms with Gasteiger partial charge in [-0.05, 0) is 0 Å². The number of rotatable bonds is 3. The Morgan fingerprint density at radius 3 is 2.50 bits per heavy atom. The zero-order chi connectivity index (χ0) is 13.2. The van der Waals surface area contributed by atoms with Crippen LogP contribution in [0.25, 0.3) is 11.3 Å². The Morgan fingerprint density at radius 1 is 1.22 bits per heavy atom. The molecule has 0 aliphatic heterocycles. The van der Waals surface area contributed by atoms with Gasteiger partial charge in [0.2, 0.25) is 0 Å². The molecule has 0 fully saturated rings. The van der Waals surface area contributed by atoms with Crippen LogP contribution in [0.5, 0.6) is 0 Å². The summed E-state index contributed by atoms with van der Waals surface area (Å²) in [6, 6.07) is 9.35. The summed E-state index contributed by atoms with van der Waals surface area (Å²) >= 11 is 0. The van der Waals surface area contributed by atoms with Crippen LogP contribution >= 0.6 is 0 Å². The number of nitrogen functional groups attached to an aromatic ring is 1. The summed E-state index contributed by atoms with van der Waals surface area (Å²) in [5, 5.41) is 0. The first-order valence-electron chi connectivity index (χ1n) is 5.30. The standard InChI is InChI=1S/C12H13N3O2S/c1-18(16,17)8-11-14-7-10(13)12(15-11)9-5-3-2-4-6-9/h2-7H,8,13H2,1H3. The van der Waals surface area contributed by atoms with Gasteiger partial charge in [-0.25, -0.2) is 18.4 Å². The van der Waals surface area contributed by atoms with Crippen molar-refractivity contribution < 1.29 is 8.42 Å². The number of aromatic nitrogens is 2. The topological polar surface area (TPSA) is 85.9 Å². The number of anilines is 1. The van der Waals surface area contributed by atoms with Crippen LogP contribution in [0.1, 0.15) is 5.82 Å². The zero-order valence-corrected chi connectivity index (χ0v) is 10.7. The number of hydrogen-bond donors (Lipinski definition) is 1. The maximum atomic E-state index is 11.2. The molecule has 94 valence electrons. The molecule has 0 radical (unpaired) electrons. The lowest BCUT2D eigenvalue weighted by Crippen LogP contribution is -2.07. The molecule has 1 heterocycles. The van der Waals surface area contributed by atoms with Gasteiger partial charge in [0.15, 0.2) is 9.84 Å². The van der Waals surface area contributed by atoms with Crippen molar-refractivity contribution in [3.63, 3.8) is 0 Å². The fourth-order valence-electron chi connectivity index (χ4n) is 1.56. The molecule has 0 unspecified atom stereocenters. The van der Waals surface area contributed by atoms with Crippen LogP contribution in [0, 0.1) is 0 Å². The van der Waals surface area contributed by atoms with Gasteiger partial charge in [0.05, 0.1) is 17.6 Å². The summed E-state index contributed by atoms with van der Waals surface area (Å²) in [5.41, 5.74) is 7.64. The van der Waals surface area contributed by atoms with Gasteiger partial charge in [0.25, 0.3) is 0 Å². The van der Waals surface area contributed by atoms with E-state index in [-0.39, 0.29) is 11.6 Å². The Kier molecular flexibility index (Phi) is 3.29. The summed E-state index contributed by atoms with van der Waals surface area (Å²) in [4.78, 5) is 8.15. The highest BCUT2D eigenvalue weighted by Crippen LogP contribution is 2.22. The molecule has 0 spiro atoms. The van der Waals surface area contributed by atoms with Gasteiger partial charge in [0, 0.05) is 11.8 Å². The Labute approximate surface area is 106 Å². The molecule has 1 aromatic heterocycles. The normalized spacial score (nSPS) is 11.4. The van der Waals surface area contributed by atoms with Crippen molar-refractivity contribution >= 4 is 15.5 Å². The molecule has 1 aromatic carbocycles. The third-order valence-electron chi connectivity index (χ3n) is 2.31. The minimum Gasteiger partial charge on any atom is -0.396 e. The number of nitrogens with two attached hydrogens (primary N) is 1. The van der Waals surface area contributed by atoms with Crippen LogP contribution in [-0.4, -0.2) is 24.6 Å². The molecule has 0 aliphatic carbocycles. The largest absolute Gasteiger partial charge is 0.396 e. The molecule has 2 rings (SSSR count). The van der Waals surface area contributed by atoms with Crippen LogP contribution in [-0.2, 0) is 15.6 Å². The number of benzene rings is 1. The van der Waals surface area contributed by atoms with Crippen LogP contribution in [0.3, 0.4) is 0 Å². The van der Waals surface area contributed by atoms with Crippen molar-refractivity contribution in [2.75, 3.05) is 12.0 Å². The fourth-order valence-corrected chi connectivity index (χ4v) is 2.17. The molecule has 18 heavy (non-hydrogen) atoms. The van der Waals surface area contributed by atoms with E-state index in [1.54, 1.807) is 0 Å². The van der Waals surface area contributed by atoms with Crippen molar-refractivity contribution in [2.24, 2.45) is 0 Å². The van der Waals surface area contributed by atoms with Gasteiger partial charge in [0.1, 0.15) is 11.6 Å². The molecule has 0 saturated heterocycles.